The van der Waals surface area contributed by atoms with Gasteiger partial charge in [0.25, 0.3) is 11.0 Å². The fourth-order valence-electron chi connectivity index (χ4n) is 6.29. The molecule has 5 aromatic rings. The first-order valence-electron chi connectivity index (χ1n) is 15.0. The van der Waals surface area contributed by atoms with E-state index in [-0.39, 0.29) is 37.0 Å². The van der Waals surface area contributed by atoms with E-state index in [1.807, 2.05) is 91.0 Å². The van der Waals surface area contributed by atoms with Crippen LogP contribution in [0.5, 0.6) is 5.88 Å². The summed E-state index contributed by atoms with van der Waals surface area (Å²) in [5, 5.41) is 16.5. The molecule has 5 atom stereocenters. The summed E-state index contributed by atoms with van der Waals surface area (Å²) in [7, 11) is -2.54. The molecule has 0 amide bonds. The molecule has 244 valence electrons. The molecule has 1 unspecified atom stereocenters. The molecule has 0 radical (unpaired) electrons. The fraction of sp³-hybridized carbons (Fsp3) is 0.324. The highest BCUT2D eigenvalue weighted by molar-refractivity contribution is 7.90. The highest BCUT2D eigenvalue weighted by Crippen LogP contribution is 2.67. The summed E-state index contributed by atoms with van der Waals surface area (Å²) in [6.45, 7) is 2.24. The standard InChI is InChI=1S/C34H34N4O8S/c1-32(44-21-24-15-9-5-10-16-24)33(45-22-25-17-11-6-12-18-25)27(43-20-23-13-7-4-8-14-23)28(33)46-34(32,39)26-19-35-29-30(42-2)36-31(37-38(26)29)47(3,40)41/h4-19,27-28,39H,20-22H2,1-3H3/t27?,28-,32-,33-,34+/m1/s1. The fourth-order valence-corrected chi connectivity index (χ4v) is 6.77. The number of imidazole rings is 1. The van der Waals surface area contributed by atoms with Crippen LogP contribution in [0.4, 0.5) is 0 Å². The molecule has 1 saturated carbocycles. The number of methoxy groups -OCH3 is 1. The number of benzene rings is 3. The van der Waals surface area contributed by atoms with Gasteiger partial charge in [-0.15, -0.1) is 5.10 Å². The molecular formula is C34H34N4O8S. The van der Waals surface area contributed by atoms with Crippen LogP contribution in [-0.2, 0) is 54.4 Å². The minimum atomic E-state index is -3.88. The van der Waals surface area contributed by atoms with Crippen LogP contribution >= 0.6 is 0 Å². The molecule has 12 nitrogen and oxygen atoms in total. The minimum Gasteiger partial charge on any atom is -0.478 e. The third-order valence-electron chi connectivity index (χ3n) is 8.85. The molecule has 13 heteroatoms. The lowest BCUT2D eigenvalue weighted by atomic mass is 9.85. The highest BCUT2D eigenvalue weighted by Gasteiger charge is 2.90. The number of sulfone groups is 1. The molecule has 1 aliphatic heterocycles. The first-order chi connectivity index (χ1) is 22.6. The number of nitrogens with zero attached hydrogens (tertiary/aromatic N) is 4. The minimum absolute atomic E-state index is 0.00496. The van der Waals surface area contributed by atoms with E-state index in [1.54, 1.807) is 6.92 Å². The van der Waals surface area contributed by atoms with Crippen molar-refractivity contribution in [2.45, 2.75) is 61.1 Å². The largest absolute Gasteiger partial charge is 0.478 e. The summed E-state index contributed by atoms with van der Waals surface area (Å²) in [6, 6.07) is 28.9. The van der Waals surface area contributed by atoms with E-state index < -0.39 is 44.2 Å². The maximum Gasteiger partial charge on any atom is 0.268 e. The van der Waals surface area contributed by atoms with Crippen molar-refractivity contribution in [3.8, 4) is 5.88 Å². The molecule has 1 aliphatic carbocycles. The molecule has 0 spiro atoms. The topological polar surface area (TPSA) is 144 Å². The zero-order valence-electron chi connectivity index (χ0n) is 26.0. The Morgan fingerprint density at radius 3 is 1.98 bits per heavy atom. The Morgan fingerprint density at radius 2 is 1.43 bits per heavy atom. The average Bonchev–Trinajstić information content (AvgIpc) is 3.36. The van der Waals surface area contributed by atoms with Crippen molar-refractivity contribution in [2.24, 2.45) is 0 Å². The summed E-state index contributed by atoms with van der Waals surface area (Å²) in [5.41, 5.74) is -0.184. The molecule has 2 aliphatic rings. The summed E-state index contributed by atoms with van der Waals surface area (Å²) in [5.74, 6) is -2.35. The molecule has 2 aromatic heterocycles. The molecule has 1 N–H and O–H groups in total. The molecule has 3 aromatic carbocycles. The van der Waals surface area contributed by atoms with Gasteiger partial charge in [-0.25, -0.2) is 17.9 Å². The van der Waals surface area contributed by atoms with E-state index in [2.05, 4.69) is 15.1 Å². The quantitative estimate of drug-likeness (QED) is 0.210. The number of fused-ring (bicyclic) bond motifs is 2. The van der Waals surface area contributed by atoms with E-state index in [0.29, 0.717) is 0 Å². The number of rotatable bonds is 12. The van der Waals surface area contributed by atoms with Crippen LogP contribution in [0.3, 0.4) is 0 Å². The maximum absolute atomic E-state index is 12.8. The van der Waals surface area contributed by atoms with E-state index in [1.165, 1.54) is 17.8 Å². The van der Waals surface area contributed by atoms with Crippen molar-refractivity contribution in [1.29, 1.82) is 0 Å². The summed E-state index contributed by atoms with van der Waals surface area (Å²) in [4.78, 5) is 8.42. The molecule has 0 bridgehead atoms. The van der Waals surface area contributed by atoms with Crippen molar-refractivity contribution >= 4 is 15.5 Å². The van der Waals surface area contributed by atoms with Crippen LogP contribution in [-0.4, -0.2) is 69.9 Å². The zero-order chi connectivity index (χ0) is 32.9. The second-order valence-corrected chi connectivity index (χ2v) is 13.7. The van der Waals surface area contributed by atoms with Gasteiger partial charge in [0.1, 0.15) is 17.9 Å². The van der Waals surface area contributed by atoms with Crippen molar-refractivity contribution in [3.63, 3.8) is 0 Å². The molecule has 7 rings (SSSR count). The Hall–Kier alpha value is -4.24. The second kappa shape index (κ2) is 11.8. The van der Waals surface area contributed by atoms with E-state index in [9.17, 15) is 13.5 Å². The predicted octanol–water partition coefficient (Wildman–Crippen LogP) is 3.61. The normalized spacial score (nSPS) is 26.7. The Bertz CT molecular complexity index is 2000. The third-order valence-corrected chi connectivity index (χ3v) is 9.68. The number of hydrogen-bond donors (Lipinski definition) is 1. The lowest BCUT2D eigenvalue weighted by Gasteiger charge is -2.44. The third kappa shape index (κ3) is 5.19. The summed E-state index contributed by atoms with van der Waals surface area (Å²) in [6.07, 6.45) is 0.902. The number of hydrogen-bond acceptors (Lipinski definition) is 11. The smallest absolute Gasteiger partial charge is 0.268 e. The van der Waals surface area contributed by atoms with Crippen molar-refractivity contribution in [3.05, 3.63) is 120 Å². The molecule has 1 saturated heterocycles. The van der Waals surface area contributed by atoms with Gasteiger partial charge in [0, 0.05) is 6.26 Å². The van der Waals surface area contributed by atoms with Gasteiger partial charge in [-0.2, -0.15) is 4.98 Å². The summed E-state index contributed by atoms with van der Waals surface area (Å²) < 4.78 is 58.1. The van der Waals surface area contributed by atoms with Crippen LogP contribution in [0.25, 0.3) is 5.65 Å². The number of ether oxygens (including phenoxy) is 5. The Kier molecular flexibility index (Phi) is 7.86. The first kappa shape index (κ1) is 31.4. The van der Waals surface area contributed by atoms with Gasteiger partial charge in [0.15, 0.2) is 11.2 Å². The van der Waals surface area contributed by atoms with Crippen molar-refractivity contribution in [2.75, 3.05) is 13.4 Å². The van der Waals surface area contributed by atoms with Gasteiger partial charge >= 0.3 is 0 Å². The van der Waals surface area contributed by atoms with E-state index in [0.717, 1.165) is 22.9 Å². The van der Waals surface area contributed by atoms with Gasteiger partial charge in [-0.3, -0.25) is 0 Å². The van der Waals surface area contributed by atoms with Crippen LogP contribution in [0.2, 0.25) is 0 Å². The molecule has 47 heavy (non-hydrogen) atoms. The van der Waals surface area contributed by atoms with Crippen molar-refractivity contribution < 1.29 is 37.2 Å². The lowest BCUT2D eigenvalue weighted by Crippen LogP contribution is -2.60. The number of aromatic nitrogens is 4. The zero-order valence-corrected chi connectivity index (χ0v) is 26.8. The maximum atomic E-state index is 12.8. The lowest BCUT2D eigenvalue weighted by molar-refractivity contribution is -0.325. The molecular weight excluding hydrogens is 624 g/mol. The SMILES string of the molecule is COc1nc(S(C)(=O)=O)nn2c([C@]3(O)O[C@@H]4C(OCc5ccccc5)[C@]4(OCc4ccccc4)[C@@]3(C)OCc3ccccc3)cnc12. The number of aliphatic hydroxyl groups is 1. The summed E-state index contributed by atoms with van der Waals surface area (Å²) >= 11 is 0. The van der Waals surface area contributed by atoms with Gasteiger partial charge in [-0.1, -0.05) is 91.0 Å². The molecule has 2 fully saturated rings. The van der Waals surface area contributed by atoms with Crippen molar-refractivity contribution in [1.82, 2.24) is 19.6 Å². The van der Waals surface area contributed by atoms with E-state index in [4.69, 9.17) is 23.7 Å². The Balaban J connectivity index is 1.35. The second-order valence-electron chi connectivity index (χ2n) is 11.8. The molecule has 3 heterocycles. The van der Waals surface area contributed by atoms with Gasteiger partial charge in [0.05, 0.1) is 33.1 Å². The monoisotopic (exact) mass is 658 g/mol. The Morgan fingerprint density at radius 1 is 0.872 bits per heavy atom. The van der Waals surface area contributed by atoms with Crippen LogP contribution in [0.15, 0.2) is 102 Å². The van der Waals surface area contributed by atoms with Crippen LogP contribution in [0.1, 0.15) is 29.3 Å². The predicted molar refractivity (Wildman–Crippen MR) is 168 cm³/mol. The Labute approximate surface area is 271 Å². The van der Waals surface area contributed by atoms with Crippen LogP contribution in [0, 0.1) is 0 Å². The van der Waals surface area contributed by atoms with Gasteiger partial charge in [-0.05, 0) is 23.6 Å². The van der Waals surface area contributed by atoms with E-state index >= 15 is 0 Å². The first-order valence-corrected chi connectivity index (χ1v) is 16.9. The average molecular weight is 659 g/mol. The van der Waals surface area contributed by atoms with Crippen LogP contribution < -0.4 is 4.74 Å². The van der Waals surface area contributed by atoms with Gasteiger partial charge < -0.3 is 28.8 Å². The van der Waals surface area contributed by atoms with Gasteiger partial charge in [0.2, 0.25) is 21.3 Å². The highest BCUT2D eigenvalue weighted by atomic mass is 32.2.